The summed E-state index contributed by atoms with van der Waals surface area (Å²) < 4.78 is 0. The van der Waals surface area contributed by atoms with Gasteiger partial charge in [0.2, 0.25) is 11.7 Å². The highest BCUT2D eigenvalue weighted by atomic mass is 16.2. The minimum atomic E-state index is -0.296. The first-order valence-corrected chi connectivity index (χ1v) is 8.25. The fourth-order valence-electron chi connectivity index (χ4n) is 2.71. The topological polar surface area (TPSA) is 105 Å². The number of likely N-dealkylation sites (tertiary alicyclic amines) is 1. The van der Waals surface area contributed by atoms with Gasteiger partial charge in [-0.15, -0.1) is 10.2 Å². The molecule has 132 valence electrons. The van der Waals surface area contributed by atoms with Gasteiger partial charge in [0.05, 0.1) is 6.54 Å². The van der Waals surface area contributed by atoms with E-state index in [1.54, 1.807) is 24.1 Å². The molecule has 0 spiro atoms. The second-order valence-electron chi connectivity index (χ2n) is 5.99. The number of amides is 3. The summed E-state index contributed by atoms with van der Waals surface area (Å²) in [6, 6.07) is 6.94. The molecule has 9 nitrogen and oxygen atoms in total. The van der Waals surface area contributed by atoms with Crippen molar-refractivity contribution >= 4 is 17.6 Å². The number of urea groups is 1. The van der Waals surface area contributed by atoms with Crippen LogP contribution in [-0.4, -0.2) is 56.7 Å². The van der Waals surface area contributed by atoms with E-state index >= 15 is 0 Å². The SMILES string of the molecule is CCn1nnc(-c2cccc(NC(=O)NC3CCC(=O)N(C)C3)c2)n1. The molecule has 1 unspecified atom stereocenters. The van der Waals surface area contributed by atoms with Gasteiger partial charge in [0.1, 0.15) is 0 Å². The van der Waals surface area contributed by atoms with Crippen LogP contribution in [0.1, 0.15) is 19.8 Å². The molecular formula is C16H21N7O2. The predicted octanol–water partition coefficient (Wildman–Crippen LogP) is 1.10. The Hall–Kier alpha value is -2.97. The number of likely N-dealkylation sites (N-methyl/N-ethyl adjacent to an activating group) is 1. The second-order valence-corrected chi connectivity index (χ2v) is 5.99. The number of carbonyl (C=O) groups excluding carboxylic acids is 2. The molecule has 9 heteroatoms. The number of tetrazole rings is 1. The van der Waals surface area contributed by atoms with Crippen LogP contribution in [-0.2, 0) is 11.3 Å². The molecular weight excluding hydrogens is 322 g/mol. The number of benzene rings is 1. The highest BCUT2D eigenvalue weighted by Gasteiger charge is 2.24. The molecule has 0 radical (unpaired) electrons. The number of aromatic nitrogens is 4. The van der Waals surface area contributed by atoms with E-state index in [-0.39, 0.29) is 18.0 Å². The maximum Gasteiger partial charge on any atom is 0.319 e. The van der Waals surface area contributed by atoms with Gasteiger partial charge in [0.25, 0.3) is 0 Å². The van der Waals surface area contributed by atoms with Crippen molar-refractivity contribution in [2.75, 3.05) is 18.9 Å². The Morgan fingerprint density at radius 2 is 2.24 bits per heavy atom. The Kier molecular flexibility index (Phi) is 4.92. The first kappa shape index (κ1) is 16.9. The lowest BCUT2D eigenvalue weighted by Gasteiger charge is -2.30. The number of hydrogen-bond donors (Lipinski definition) is 2. The molecule has 1 aromatic carbocycles. The number of nitrogens with one attached hydrogen (secondary N) is 2. The van der Waals surface area contributed by atoms with Crippen LogP contribution >= 0.6 is 0 Å². The van der Waals surface area contributed by atoms with Crippen LogP contribution in [0.3, 0.4) is 0 Å². The van der Waals surface area contributed by atoms with E-state index in [4.69, 9.17) is 0 Å². The number of rotatable bonds is 4. The zero-order valence-corrected chi connectivity index (χ0v) is 14.3. The Bertz CT molecular complexity index is 773. The summed E-state index contributed by atoms with van der Waals surface area (Å²) in [4.78, 5) is 26.8. The van der Waals surface area contributed by atoms with Crippen LogP contribution in [0.5, 0.6) is 0 Å². The lowest BCUT2D eigenvalue weighted by Crippen LogP contribution is -2.49. The van der Waals surface area contributed by atoms with Crippen LogP contribution in [0.4, 0.5) is 10.5 Å². The Balaban J connectivity index is 1.62. The summed E-state index contributed by atoms with van der Waals surface area (Å²) in [6.45, 7) is 3.10. The van der Waals surface area contributed by atoms with Crippen LogP contribution in [0, 0.1) is 0 Å². The molecule has 3 amide bonds. The summed E-state index contributed by atoms with van der Waals surface area (Å²) in [5.41, 5.74) is 1.42. The molecule has 1 saturated heterocycles. The number of anilines is 1. The zero-order chi connectivity index (χ0) is 17.8. The van der Waals surface area contributed by atoms with Gasteiger partial charge in [-0.2, -0.15) is 4.80 Å². The molecule has 3 rings (SSSR count). The standard InChI is InChI=1S/C16H21N7O2/c1-3-23-20-15(19-21-23)11-5-4-6-12(9-11)17-16(25)18-13-7-8-14(24)22(2)10-13/h4-6,9,13H,3,7-8,10H2,1-2H3,(H2,17,18,25). The first-order chi connectivity index (χ1) is 12.0. The Morgan fingerprint density at radius 3 is 2.96 bits per heavy atom. The maximum absolute atomic E-state index is 12.2. The predicted molar refractivity (Wildman–Crippen MR) is 91.7 cm³/mol. The molecule has 1 aliphatic rings. The average Bonchev–Trinajstić information content (AvgIpc) is 3.07. The molecule has 2 aromatic rings. The zero-order valence-electron chi connectivity index (χ0n) is 14.3. The average molecular weight is 343 g/mol. The van der Waals surface area contributed by atoms with E-state index < -0.39 is 0 Å². The maximum atomic E-state index is 12.2. The van der Waals surface area contributed by atoms with E-state index in [1.165, 1.54) is 4.80 Å². The van der Waals surface area contributed by atoms with Crippen LogP contribution in [0.15, 0.2) is 24.3 Å². The van der Waals surface area contributed by atoms with Gasteiger partial charge in [-0.1, -0.05) is 12.1 Å². The van der Waals surface area contributed by atoms with Crippen molar-refractivity contribution in [1.82, 2.24) is 30.4 Å². The largest absolute Gasteiger partial charge is 0.344 e. The summed E-state index contributed by atoms with van der Waals surface area (Å²) >= 11 is 0. The molecule has 1 fully saturated rings. The number of carbonyl (C=O) groups is 2. The normalized spacial score (nSPS) is 17.4. The summed E-state index contributed by atoms with van der Waals surface area (Å²) in [5, 5.41) is 17.9. The van der Waals surface area contributed by atoms with Gasteiger partial charge in [0.15, 0.2) is 0 Å². The van der Waals surface area contributed by atoms with E-state index in [1.807, 2.05) is 19.1 Å². The summed E-state index contributed by atoms with van der Waals surface area (Å²) in [6.07, 6.45) is 1.11. The lowest BCUT2D eigenvalue weighted by atomic mass is 10.1. The van der Waals surface area contributed by atoms with E-state index in [9.17, 15) is 9.59 Å². The van der Waals surface area contributed by atoms with Crippen molar-refractivity contribution in [3.63, 3.8) is 0 Å². The Morgan fingerprint density at radius 1 is 1.40 bits per heavy atom. The number of nitrogens with zero attached hydrogens (tertiary/aromatic N) is 5. The minimum absolute atomic E-state index is 0.0444. The molecule has 25 heavy (non-hydrogen) atoms. The third kappa shape index (κ3) is 4.11. The smallest absolute Gasteiger partial charge is 0.319 e. The van der Waals surface area contributed by atoms with Crippen molar-refractivity contribution in [2.45, 2.75) is 32.4 Å². The van der Waals surface area contributed by atoms with Crippen molar-refractivity contribution < 1.29 is 9.59 Å². The molecule has 0 aliphatic carbocycles. The lowest BCUT2D eigenvalue weighted by molar-refractivity contribution is -0.132. The highest BCUT2D eigenvalue weighted by molar-refractivity contribution is 5.90. The van der Waals surface area contributed by atoms with Crippen molar-refractivity contribution in [3.05, 3.63) is 24.3 Å². The molecule has 1 aromatic heterocycles. The fourth-order valence-corrected chi connectivity index (χ4v) is 2.71. The molecule has 1 atom stereocenters. The van der Waals surface area contributed by atoms with Crippen LogP contribution in [0.2, 0.25) is 0 Å². The highest BCUT2D eigenvalue weighted by Crippen LogP contribution is 2.19. The first-order valence-electron chi connectivity index (χ1n) is 8.25. The van der Waals surface area contributed by atoms with Crippen molar-refractivity contribution in [1.29, 1.82) is 0 Å². The molecule has 1 aliphatic heterocycles. The number of piperidine rings is 1. The van der Waals surface area contributed by atoms with Gasteiger partial charge in [-0.25, -0.2) is 4.79 Å². The summed E-state index contributed by atoms with van der Waals surface area (Å²) in [5.74, 6) is 0.622. The fraction of sp³-hybridized carbons (Fsp3) is 0.438. The second kappa shape index (κ2) is 7.29. The van der Waals surface area contributed by atoms with Crippen molar-refractivity contribution in [2.24, 2.45) is 0 Å². The monoisotopic (exact) mass is 343 g/mol. The third-order valence-electron chi connectivity index (χ3n) is 4.08. The molecule has 2 heterocycles. The molecule has 2 N–H and O–H groups in total. The van der Waals surface area contributed by atoms with Crippen LogP contribution in [0.25, 0.3) is 11.4 Å². The van der Waals surface area contributed by atoms with Gasteiger partial charge in [-0.05, 0) is 30.7 Å². The summed E-state index contributed by atoms with van der Waals surface area (Å²) in [7, 11) is 1.74. The van der Waals surface area contributed by atoms with E-state index in [2.05, 4.69) is 26.0 Å². The number of aryl methyl sites for hydroxylation is 1. The molecule has 0 saturated carbocycles. The van der Waals surface area contributed by atoms with E-state index in [0.717, 1.165) is 5.56 Å². The van der Waals surface area contributed by atoms with Gasteiger partial charge < -0.3 is 15.5 Å². The van der Waals surface area contributed by atoms with Gasteiger partial charge in [-0.3, -0.25) is 4.79 Å². The number of hydrogen-bond acceptors (Lipinski definition) is 5. The van der Waals surface area contributed by atoms with E-state index in [0.29, 0.717) is 37.4 Å². The van der Waals surface area contributed by atoms with Crippen molar-refractivity contribution in [3.8, 4) is 11.4 Å². The molecule has 0 bridgehead atoms. The van der Waals surface area contributed by atoms with Gasteiger partial charge >= 0.3 is 6.03 Å². The third-order valence-corrected chi connectivity index (χ3v) is 4.08. The Labute approximate surface area is 145 Å². The van der Waals surface area contributed by atoms with Crippen LogP contribution < -0.4 is 10.6 Å². The quantitative estimate of drug-likeness (QED) is 0.865. The minimum Gasteiger partial charge on any atom is -0.344 e. The van der Waals surface area contributed by atoms with Gasteiger partial charge in [0, 0.05) is 37.3 Å².